The zero-order valence-corrected chi connectivity index (χ0v) is 16.8. The highest BCUT2D eigenvalue weighted by Crippen LogP contribution is 2.19. The molecule has 3 rings (SSSR count). The van der Waals surface area contributed by atoms with Crippen molar-refractivity contribution in [3.8, 4) is 5.69 Å². The molecule has 0 aliphatic heterocycles. The Morgan fingerprint density at radius 2 is 1.96 bits per heavy atom. The molecule has 1 aromatic heterocycles. The minimum absolute atomic E-state index is 0.109. The molecule has 0 fully saturated rings. The van der Waals surface area contributed by atoms with E-state index in [1.807, 2.05) is 61.7 Å². The van der Waals surface area contributed by atoms with Gasteiger partial charge in [0.15, 0.2) is 0 Å². The summed E-state index contributed by atoms with van der Waals surface area (Å²) in [4.78, 5) is 24.0. The lowest BCUT2D eigenvalue weighted by Gasteiger charge is -2.09. The van der Waals surface area contributed by atoms with Crippen molar-refractivity contribution in [3.63, 3.8) is 0 Å². The Bertz CT molecular complexity index is 1010. The smallest absolute Gasteiger partial charge is 0.244 e. The molecular formula is C21H19BrN4O2. The van der Waals surface area contributed by atoms with Crippen LogP contribution in [0.5, 0.6) is 0 Å². The maximum Gasteiger partial charge on any atom is 0.244 e. The topological polar surface area (TPSA) is 76.0 Å². The molecule has 2 aromatic carbocycles. The highest BCUT2D eigenvalue weighted by Gasteiger charge is 2.06. The first-order chi connectivity index (χ1) is 13.5. The number of hydrogen-bond donors (Lipinski definition) is 2. The third kappa shape index (κ3) is 5.40. The zero-order valence-electron chi connectivity index (χ0n) is 15.2. The number of aryl methyl sites for hydroxylation is 1. The first-order valence-corrected chi connectivity index (χ1v) is 9.42. The first-order valence-electron chi connectivity index (χ1n) is 8.63. The van der Waals surface area contributed by atoms with Crippen LogP contribution in [0.4, 0.5) is 5.69 Å². The fourth-order valence-electron chi connectivity index (χ4n) is 2.50. The SMILES string of the molecule is Cc1cc(Br)ccc1NC(=O)CNC(=O)/C=C/c1cnn(-c2ccccc2)c1. The fourth-order valence-corrected chi connectivity index (χ4v) is 2.98. The number of halogens is 1. The van der Waals surface area contributed by atoms with Gasteiger partial charge in [0.1, 0.15) is 0 Å². The van der Waals surface area contributed by atoms with E-state index < -0.39 is 0 Å². The first kappa shape index (κ1) is 19.6. The van der Waals surface area contributed by atoms with Crippen LogP contribution < -0.4 is 10.6 Å². The van der Waals surface area contributed by atoms with Gasteiger partial charge in [-0.2, -0.15) is 5.10 Å². The van der Waals surface area contributed by atoms with E-state index in [4.69, 9.17) is 0 Å². The van der Waals surface area contributed by atoms with Crippen LogP contribution in [0.15, 0.2) is 71.5 Å². The van der Waals surface area contributed by atoms with Crippen molar-refractivity contribution in [1.82, 2.24) is 15.1 Å². The molecule has 2 amide bonds. The molecular weight excluding hydrogens is 420 g/mol. The molecule has 3 aromatic rings. The predicted molar refractivity (Wildman–Crippen MR) is 113 cm³/mol. The molecule has 142 valence electrons. The highest BCUT2D eigenvalue weighted by molar-refractivity contribution is 9.10. The molecule has 6 nitrogen and oxygen atoms in total. The van der Waals surface area contributed by atoms with Crippen molar-refractivity contribution < 1.29 is 9.59 Å². The molecule has 7 heteroatoms. The van der Waals surface area contributed by atoms with Crippen LogP contribution >= 0.6 is 15.9 Å². The molecule has 0 bridgehead atoms. The quantitative estimate of drug-likeness (QED) is 0.575. The number of benzene rings is 2. The van der Waals surface area contributed by atoms with Crippen LogP contribution in [0.3, 0.4) is 0 Å². The van der Waals surface area contributed by atoms with Gasteiger partial charge in [0.05, 0.1) is 18.4 Å². The van der Waals surface area contributed by atoms with Crippen LogP contribution in [0, 0.1) is 6.92 Å². The molecule has 0 aliphatic rings. The zero-order chi connectivity index (χ0) is 19.9. The highest BCUT2D eigenvalue weighted by atomic mass is 79.9. The van der Waals surface area contributed by atoms with Gasteiger partial charge in [0.25, 0.3) is 0 Å². The number of carbonyl (C=O) groups is 2. The van der Waals surface area contributed by atoms with Gasteiger partial charge in [-0.25, -0.2) is 4.68 Å². The minimum Gasteiger partial charge on any atom is -0.343 e. The summed E-state index contributed by atoms with van der Waals surface area (Å²) >= 11 is 3.38. The van der Waals surface area contributed by atoms with Gasteiger partial charge in [-0.05, 0) is 48.9 Å². The second-order valence-electron chi connectivity index (χ2n) is 6.11. The molecule has 0 unspecified atom stereocenters. The molecule has 1 heterocycles. The molecule has 0 spiro atoms. The van der Waals surface area contributed by atoms with Gasteiger partial charge in [0.2, 0.25) is 11.8 Å². The largest absolute Gasteiger partial charge is 0.343 e. The maximum atomic E-state index is 12.0. The summed E-state index contributed by atoms with van der Waals surface area (Å²) in [5.41, 5.74) is 3.37. The monoisotopic (exact) mass is 438 g/mol. The summed E-state index contributed by atoms with van der Waals surface area (Å²) in [6, 6.07) is 15.3. The number of carbonyl (C=O) groups excluding carboxylic acids is 2. The molecule has 2 N–H and O–H groups in total. The van der Waals surface area contributed by atoms with Crippen LogP contribution in [0.1, 0.15) is 11.1 Å². The van der Waals surface area contributed by atoms with Crippen molar-refractivity contribution in [3.05, 3.63) is 82.6 Å². The van der Waals surface area contributed by atoms with Gasteiger partial charge >= 0.3 is 0 Å². The second-order valence-corrected chi connectivity index (χ2v) is 7.03. The summed E-state index contributed by atoms with van der Waals surface area (Å²) < 4.78 is 2.67. The number of aromatic nitrogens is 2. The second kappa shape index (κ2) is 9.14. The van der Waals surface area contributed by atoms with Gasteiger partial charge in [0, 0.05) is 28.0 Å². The number of rotatable bonds is 6. The van der Waals surface area contributed by atoms with E-state index in [1.54, 1.807) is 17.0 Å². The summed E-state index contributed by atoms with van der Waals surface area (Å²) in [6.45, 7) is 1.79. The van der Waals surface area contributed by atoms with Crippen LogP contribution in [-0.2, 0) is 9.59 Å². The number of amides is 2. The Labute approximate surface area is 171 Å². The fraction of sp³-hybridized carbons (Fsp3) is 0.0952. The lowest BCUT2D eigenvalue weighted by Crippen LogP contribution is -2.31. The van der Waals surface area contributed by atoms with Crippen LogP contribution in [0.2, 0.25) is 0 Å². The Balaban J connectivity index is 1.50. The number of anilines is 1. The third-order valence-corrected chi connectivity index (χ3v) is 4.43. The number of nitrogens with zero attached hydrogens (tertiary/aromatic N) is 2. The van der Waals surface area contributed by atoms with Gasteiger partial charge in [-0.1, -0.05) is 34.1 Å². The summed E-state index contributed by atoms with van der Waals surface area (Å²) in [7, 11) is 0. The van der Waals surface area contributed by atoms with Crippen molar-refractivity contribution in [2.75, 3.05) is 11.9 Å². The lowest BCUT2D eigenvalue weighted by molar-refractivity contribution is -0.121. The molecule has 0 aliphatic carbocycles. The molecule has 28 heavy (non-hydrogen) atoms. The minimum atomic E-state index is -0.352. The number of hydrogen-bond acceptors (Lipinski definition) is 3. The Morgan fingerprint density at radius 1 is 1.18 bits per heavy atom. The van der Waals surface area contributed by atoms with Crippen LogP contribution in [-0.4, -0.2) is 28.1 Å². The van der Waals surface area contributed by atoms with E-state index in [-0.39, 0.29) is 18.4 Å². The third-order valence-electron chi connectivity index (χ3n) is 3.94. The van der Waals surface area contributed by atoms with Gasteiger partial charge in [-0.15, -0.1) is 0 Å². The standard InChI is InChI=1S/C21H19BrN4O2/c1-15-11-17(22)8-9-19(15)25-21(28)13-23-20(27)10-7-16-12-24-26(14-16)18-5-3-2-4-6-18/h2-12,14H,13H2,1H3,(H,23,27)(H,25,28)/b10-7+. The Morgan fingerprint density at radius 3 is 2.71 bits per heavy atom. The normalized spacial score (nSPS) is 10.8. The molecule has 0 atom stereocenters. The van der Waals surface area contributed by atoms with Gasteiger partial charge in [-0.3, -0.25) is 9.59 Å². The van der Waals surface area contributed by atoms with Crippen molar-refractivity contribution in [2.45, 2.75) is 6.92 Å². The van der Waals surface area contributed by atoms with E-state index >= 15 is 0 Å². The van der Waals surface area contributed by atoms with E-state index in [0.29, 0.717) is 5.69 Å². The van der Waals surface area contributed by atoms with E-state index in [2.05, 4.69) is 31.7 Å². The molecule has 0 saturated heterocycles. The van der Waals surface area contributed by atoms with Crippen molar-refractivity contribution >= 4 is 39.5 Å². The summed E-state index contributed by atoms with van der Waals surface area (Å²) in [6.07, 6.45) is 6.52. The van der Waals surface area contributed by atoms with E-state index in [0.717, 1.165) is 21.3 Å². The average Bonchev–Trinajstić information content (AvgIpc) is 3.17. The number of para-hydroxylation sites is 1. The number of nitrogens with one attached hydrogen (secondary N) is 2. The van der Waals surface area contributed by atoms with Crippen molar-refractivity contribution in [2.24, 2.45) is 0 Å². The van der Waals surface area contributed by atoms with E-state index in [9.17, 15) is 9.59 Å². The molecule has 0 radical (unpaired) electrons. The van der Waals surface area contributed by atoms with Crippen LogP contribution in [0.25, 0.3) is 11.8 Å². The Hall–Kier alpha value is -3.19. The molecule has 0 saturated carbocycles. The van der Waals surface area contributed by atoms with E-state index in [1.165, 1.54) is 6.08 Å². The predicted octanol–water partition coefficient (Wildman–Crippen LogP) is 3.71. The summed E-state index contributed by atoms with van der Waals surface area (Å²) in [5, 5.41) is 9.61. The van der Waals surface area contributed by atoms with Gasteiger partial charge < -0.3 is 10.6 Å². The lowest BCUT2D eigenvalue weighted by atomic mass is 10.2. The van der Waals surface area contributed by atoms with Crippen molar-refractivity contribution in [1.29, 1.82) is 0 Å². The average molecular weight is 439 g/mol. The summed E-state index contributed by atoms with van der Waals surface area (Å²) in [5.74, 6) is -0.640. The Kier molecular flexibility index (Phi) is 6.39. The maximum absolute atomic E-state index is 12.0.